The van der Waals surface area contributed by atoms with Gasteiger partial charge in [0.05, 0.1) is 6.54 Å². The van der Waals surface area contributed by atoms with Crippen LogP contribution < -0.4 is 5.32 Å². The van der Waals surface area contributed by atoms with Crippen molar-refractivity contribution in [1.82, 2.24) is 5.32 Å². The van der Waals surface area contributed by atoms with E-state index >= 15 is 0 Å². The van der Waals surface area contributed by atoms with Gasteiger partial charge in [0.1, 0.15) is 0 Å². The predicted molar refractivity (Wildman–Crippen MR) is 35.2 cm³/mol. The molecule has 0 amide bonds. The van der Waals surface area contributed by atoms with E-state index in [-0.39, 0.29) is 12.6 Å². The van der Waals surface area contributed by atoms with E-state index in [0.717, 1.165) is 0 Å². The Bertz CT molecular complexity index is 104. The van der Waals surface area contributed by atoms with E-state index in [9.17, 15) is 13.2 Å². The lowest BCUT2D eigenvalue weighted by Crippen LogP contribution is -2.35. The summed E-state index contributed by atoms with van der Waals surface area (Å²) in [6, 6.07) is -0.290. The van der Waals surface area contributed by atoms with Gasteiger partial charge >= 0.3 is 6.18 Å². The summed E-state index contributed by atoms with van der Waals surface area (Å²) in [6.07, 6.45) is -3.82. The van der Waals surface area contributed by atoms with Gasteiger partial charge in [-0.2, -0.15) is 13.2 Å². The summed E-state index contributed by atoms with van der Waals surface area (Å²) >= 11 is 0. The van der Waals surface area contributed by atoms with Crippen molar-refractivity contribution in [2.24, 2.45) is 0 Å². The molecule has 2 nitrogen and oxygen atoms in total. The van der Waals surface area contributed by atoms with Crippen molar-refractivity contribution in [3.8, 4) is 0 Å². The summed E-state index contributed by atoms with van der Waals surface area (Å²) in [7, 11) is 0. The molecule has 2 N–H and O–H groups in total. The van der Waals surface area contributed by atoms with Crippen molar-refractivity contribution in [2.75, 3.05) is 13.2 Å². The molecule has 0 aromatic carbocycles. The molecule has 68 valence electrons. The summed E-state index contributed by atoms with van der Waals surface area (Å²) in [4.78, 5) is 0. The first-order chi connectivity index (χ1) is 4.95. The third kappa shape index (κ3) is 7.61. The Morgan fingerprint density at radius 1 is 1.45 bits per heavy atom. The molecule has 0 aromatic rings. The number of halogens is 3. The number of aliphatic hydroxyl groups excluding tert-OH is 1. The number of rotatable bonds is 4. The van der Waals surface area contributed by atoms with E-state index in [2.05, 4.69) is 5.32 Å². The largest absolute Gasteiger partial charge is 0.401 e. The van der Waals surface area contributed by atoms with Gasteiger partial charge in [0, 0.05) is 12.6 Å². The summed E-state index contributed by atoms with van der Waals surface area (Å²) in [5.74, 6) is 0. The Labute approximate surface area is 63.4 Å². The molecule has 0 saturated carbocycles. The van der Waals surface area contributed by atoms with Gasteiger partial charge in [0.15, 0.2) is 0 Å². The zero-order chi connectivity index (χ0) is 8.91. The van der Waals surface area contributed by atoms with Crippen molar-refractivity contribution in [1.29, 1.82) is 0 Å². The maximum Gasteiger partial charge on any atom is 0.401 e. The number of nitrogens with one attached hydrogen (secondary N) is 1. The molecule has 5 heteroatoms. The first-order valence-electron chi connectivity index (χ1n) is 3.36. The Morgan fingerprint density at radius 3 is 2.36 bits per heavy atom. The van der Waals surface area contributed by atoms with Crippen LogP contribution in [0.3, 0.4) is 0 Å². The lowest BCUT2D eigenvalue weighted by molar-refractivity contribution is -0.126. The highest BCUT2D eigenvalue weighted by Gasteiger charge is 2.26. The lowest BCUT2D eigenvalue weighted by Gasteiger charge is -2.13. The van der Waals surface area contributed by atoms with Gasteiger partial charge in [0.25, 0.3) is 0 Å². The van der Waals surface area contributed by atoms with Crippen molar-refractivity contribution >= 4 is 0 Å². The van der Waals surface area contributed by atoms with Crippen LogP contribution in [0.4, 0.5) is 13.2 Å². The number of aliphatic hydroxyl groups is 1. The molecule has 0 saturated heterocycles. The SMILES string of the molecule is CC(CCO)NCC(F)(F)F. The summed E-state index contributed by atoms with van der Waals surface area (Å²) in [5, 5.41) is 10.6. The summed E-state index contributed by atoms with van der Waals surface area (Å²) < 4.78 is 34.6. The standard InChI is InChI=1S/C6H12F3NO/c1-5(2-3-11)10-4-6(7,8)9/h5,10-11H,2-4H2,1H3. The van der Waals surface area contributed by atoms with Gasteiger partial charge in [0.2, 0.25) is 0 Å². The second kappa shape index (κ2) is 4.56. The first-order valence-corrected chi connectivity index (χ1v) is 3.36. The molecular weight excluding hydrogens is 159 g/mol. The molecule has 0 aliphatic carbocycles. The van der Waals surface area contributed by atoms with Crippen molar-refractivity contribution in [3.63, 3.8) is 0 Å². The number of hydrogen-bond acceptors (Lipinski definition) is 2. The Morgan fingerprint density at radius 2 is 2.00 bits per heavy atom. The maximum atomic E-state index is 11.5. The van der Waals surface area contributed by atoms with Crippen LogP contribution in [0.2, 0.25) is 0 Å². The molecule has 0 aromatic heterocycles. The van der Waals surface area contributed by atoms with Gasteiger partial charge in [-0.1, -0.05) is 0 Å². The molecule has 0 fully saturated rings. The fourth-order valence-electron chi connectivity index (χ4n) is 0.586. The van der Waals surface area contributed by atoms with Gasteiger partial charge < -0.3 is 10.4 Å². The van der Waals surface area contributed by atoms with Crippen LogP contribution in [0.25, 0.3) is 0 Å². The zero-order valence-corrected chi connectivity index (χ0v) is 6.28. The molecule has 0 radical (unpaired) electrons. The van der Waals surface area contributed by atoms with Gasteiger partial charge in [-0.15, -0.1) is 0 Å². The quantitative estimate of drug-likeness (QED) is 0.659. The van der Waals surface area contributed by atoms with E-state index in [0.29, 0.717) is 6.42 Å². The highest BCUT2D eigenvalue weighted by Crippen LogP contribution is 2.12. The molecule has 0 aliphatic rings. The monoisotopic (exact) mass is 171 g/mol. The molecule has 0 spiro atoms. The minimum atomic E-state index is -4.16. The van der Waals surface area contributed by atoms with Gasteiger partial charge in [-0.25, -0.2) is 0 Å². The number of alkyl halides is 3. The van der Waals surface area contributed by atoms with Crippen molar-refractivity contribution < 1.29 is 18.3 Å². The van der Waals surface area contributed by atoms with Crippen LogP contribution in [-0.2, 0) is 0 Å². The second-order valence-electron chi connectivity index (χ2n) is 2.41. The first kappa shape index (κ1) is 10.7. The maximum absolute atomic E-state index is 11.5. The normalized spacial score (nSPS) is 15.0. The van der Waals surface area contributed by atoms with E-state index < -0.39 is 12.7 Å². The molecule has 0 heterocycles. The van der Waals surface area contributed by atoms with Crippen LogP contribution in [0.15, 0.2) is 0 Å². The average Bonchev–Trinajstić information content (AvgIpc) is 1.83. The Kier molecular flexibility index (Phi) is 4.44. The molecule has 11 heavy (non-hydrogen) atoms. The van der Waals surface area contributed by atoms with Crippen LogP contribution in [0.5, 0.6) is 0 Å². The number of hydrogen-bond donors (Lipinski definition) is 2. The fourth-order valence-corrected chi connectivity index (χ4v) is 0.586. The van der Waals surface area contributed by atoms with Crippen molar-refractivity contribution in [2.45, 2.75) is 25.6 Å². The van der Waals surface area contributed by atoms with E-state index in [4.69, 9.17) is 5.11 Å². The van der Waals surface area contributed by atoms with Crippen LogP contribution in [-0.4, -0.2) is 30.5 Å². The van der Waals surface area contributed by atoms with Crippen molar-refractivity contribution in [3.05, 3.63) is 0 Å². The second-order valence-corrected chi connectivity index (χ2v) is 2.41. The zero-order valence-electron chi connectivity index (χ0n) is 6.28. The third-order valence-corrected chi connectivity index (χ3v) is 1.21. The Hall–Kier alpha value is -0.290. The van der Waals surface area contributed by atoms with Crippen LogP contribution in [0, 0.1) is 0 Å². The third-order valence-electron chi connectivity index (χ3n) is 1.21. The Balaban J connectivity index is 3.38. The smallest absolute Gasteiger partial charge is 0.396 e. The fraction of sp³-hybridized carbons (Fsp3) is 1.00. The summed E-state index contributed by atoms with van der Waals surface area (Å²) in [6.45, 7) is 0.516. The molecule has 1 atom stereocenters. The average molecular weight is 171 g/mol. The highest BCUT2D eigenvalue weighted by molar-refractivity contribution is 4.63. The predicted octanol–water partition coefficient (Wildman–Crippen LogP) is 0.909. The van der Waals surface area contributed by atoms with E-state index in [1.165, 1.54) is 0 Å². The molecule has 0 aliphatic heterocycles. The van der Waals surface area contributed by atoms with Crippen LogP contribution in [0.1, 0.15) is 13.3 Å². The van der Waals surface area contributed by atoms with Gasteiger partial charge in [-0.05, 0) is 13.3 Å². The van der Waals surface area contributed by atoms with Gasteiger partial charge in [-0.3, -0.25) is 0 Å². The minimum absolute atomic E-state index is 0.0912. The lowest BCUT2D eigenvalue weighted by atomic mass is 10.2. The minimum Gasteiger partial charge on any atom is -0.396 e. The van der Waals surface area contributed by atoms with E-state index in [1.54, 1.807) is 6.92 Å². The molecular formula is C6H12F3NO. The highest BCUT2D eigenvalue weighted by atomic mass is 19.4. The summed E-state index contributed by atoms with van der Waals surface area (Å²) in [5.41, 5.74) is 0. The molecule has 0 rings (SSSR count). The van der Waals surface area contributed by atoms with E-state index in [1.807, 2.05) is 0 Å². The topological polar surface area (TPSA) is 32.3 Å². The molecule has 0 bridgehead atoms. The molecule has 1 unspecified atom stereocenters. The van der Waals surface area contributed by atoms with Crippen LogP contribution >= 0.6 is 0 Å².